The highest BCUT2D eigenvalue weighted by atomic mass is 32.2. The van der Waals surface area contributed by atoms with Gasteiger partial charge in [0.2, 0.25) is 0 Å². The number of nitrogens with zero attached hydrogens (tertiary/aromatic N) is 2. The molecule has 0 aliphatic carbocycles. The molecule has 0 saturated heterocycles. The number of anilines is 2. The van der Waals surface area contributed by atoms with Crippen LogP contribution in [0, 0.1) is 11.3 Å². The molecule has 94 valence electrons. The van der Waals surface area contributed by atoms with Crippen LogP contribution in [0.2, 0.25) is 0 Å². The zero-order valence-electron chi connectivity index (χ0n) is 10.9. The van der Waals surface area contributed by atoms with E-state index in [4.69, 9.17) is 5.26 Å². The molecular formula is C16H14N2S. The van der Waals surface area contributed by atoms with Crippen LogP contribution in [0.25, 0.3) is 0 Å². The lowest BCUT2D eigenvalue weighted by Crippen LogP contribution is -2.28. The van der Waals surface area contributed by atoms with Crippen molar-refractivity contribution < 1.29 is 0 Å². The van der Waals surface area contributed by atoms with E-state index in [-0.39, 0.29) is 0 Å². The molecule has 2 aromatic carbocycles. The molecule has 2 aromatic rings. The molecule has 1 aliphatic heterocycles. The third-order valence-corrected chi connectivity index (χ3v) is 4.34. The van der Waals surface area contributed by atoms with Crippen LogP contribution in [0.15, 0.2) is 52.3 Å². The Labute approximate surface area is 117 Å². The molecule has 0 fully saturated rings. The van der Waals surface area contributed by atoms with Crippen LogP contribution in [0.3, 0.4) is 0 Å². The van der Waals surface area contributed by atoms with Gasteiger partial charge in [0, 0.05) is 15.8 Å². The first-order chi connectivity index (χ1) is 9.20. The molecule has 0 N–H and O–H groups in total. The average molecular weight is 266 g/mol. The van der Waals surface area contributed by atoms with Gasteiger partial charge in [-0.2, -0.15) is 5.26 Å². The maximum Gasteiger partial charge on any atom is 0.0992 e. The quantitative estimate of drug-likeness (QED) is 0.756. The zero-order valence-corrected chi connectivity index (χ0v) is 11.7. The average Bonchev–Trinajstić information content (AvgIpc) is 2.43. The number of hydrogen-bond donors (Lipinski definition) is 0. The molecule has 2 nitrogen and oxygen atoms in total. The number of hydrogen-bond acceptors (Lipinski definition) is 3. The maximum absolute atomic E-state index is 9.08. The largest absolute Gasteiger partial charge is 0.337 e. The lowest BCUT2D eigenvalue weighted by atomic mass is 10.1. The molecule has 19 heavy (non-hydrogen) atoms. The van der Waals surface area contributed by atoms with Crippen LogP contribution in [-0.4, -0.2) is 6.04 Å². The molecule has 0 spiro atoms. The van der Waals surface area contributed by atoms with Crippen molar-refractivity contribution in [3.63, 3.8) is 0 Å². The van der Waals surface area contributed by atoms with E-state index in [0.29, 0.717) is 11.6 Å². The maximum atomic E-state index is 9.08. The minimum atomic E-state index is 0.356. The van der Waals surface area contributed by atoms with Crippen LogP contribution >= 0.6 is 11.8 Å². The van der Waals surface area contributed by atoms with Gasteiger partial charge in [-0.05, 0) is 44.2 Å². The van der Waals surface area contributed by atoms with E-state index in [1.165, 1.54) is 15.5 Å². The summed E-state index contributed by atoms with van der Waals surface area (Å²) in [4.78, 5) is 4.79. The second kappa shape index (κ2) is 4.64. The summed E-state index contributed by atoms with van der Waals surface area (Å²) >= 11 is 1.77. The van der Waals surface area contributed by atoms with Gasteiger partial charge in [0.15, 0.2) is 0 Å². The van der Waals surface area contributed by atoms with E-state index in [1.807, 2.05) is 18.2 Å². The Morgan fingerprint density at radius 3 is 2.53 bits per heavy atom. The molecule has 0 amide bonds. The second-order valence-corrected chi connectivity index (χ2v) is 5.91. The predicted molar refractivity (Wildman–Crippen MR) is 79.0 cm³/mol. The van der Waals surface area contributed by atoms with Gasteiger partial charge in [-0.25, -0.2) is 0 Å². The number of para-hydroxylation sites is 1. The van der Waals surface area contributed by atoms with Crippen molar-refractivity contribution in [3.05, 3.63) is 48.0 Å². The molecule has 0 saturated carbocycles. The van der Waals surface area contributed by atoms with E-state index >= 15 is 0 Å². The van der Waals surface area contributed by atoms with Crippen molar-refractivity contribution in [2.24, 2.45) is 0 Å². The first kappa shape index (κ1) is 12.1. The van der Waals surface area contributed by atoms with E-state index in [1.54, 1.807) is 11.8 Å². The van der Waals surface area contributed by atoms with Crippen LogP contribution in [0.1, 0.15) is 19.4 Å². The first-order valence-electron chi connectivity index (χ1n) is 6.31. The Hall–Kier alpha value is -1.92. The summed E-state index contributed by atoms with van der Waals surface area (Å²) in [5, 5.41) is 9.08. The molecule has 3 heteroatoms. The van der Waals surface area contributed by atoms with Crippen molar-refractivity contribution in [2.75, 3.05) is 4.90 Å². The Balaban J connectivity index is 2.21. The first-order valence-corrected chi connectivity index (χ1v) is 7.12. The fourth-order valence-corrected chi connectivity index (χ4v) is 3.46. The fraction of sp³-hybridized carbons (Fsp3) is 0.188. The highest BCUT2D eigenvalue weighted by molar-refractivity contribution is 7.99. The summed E-state index contributed by atoms with van der Waals surface area (Å²) in [6, 6.07) is 16.9. The summed E-state index contributed by atoms with van der Waals surface area (Å²) in [5.74, 6) is 0. The molecule has 3 rings (SSSR count). The van der Waals surface area contributed by atoms with Gasteiger partial charge in [-0.3, -0.25) is 0 Å². The standard InChI is InChI=1S/C16H14N2S/c1-11(2)18-13-5-3-4-6-15(13)19-16-8-7-12(10-17)9-14(16)18/h3-9,11H,1-2H3. The predicted octanol–water partition coefficient (Wildman–Crippen LogP) is 4.57. The normalized spacial score (nSPS) is 12.8. The van der Waals surface area contributed by atoms with Gasteiger partial charge in [-0.1, -0.05) is 23.9 Å². The summed E-state index contributed by atoms with van der Waals surface area (Å²) in [7, 11) is 0. The van der Waals surface area contributed by atoms with E-state index in [9.17, 15) is 0 Å². The summed E-state index contributed by atoms with van der Waals surface area (Å²) in [6.45, 7) is 4.35. The van der Waals surface area contributed by atoms with Crippen molar-refractivity contribution in [1.29, 1.82) is 5.26 Å². The Bertz CT molecular complexity index is 671. The number of nitriles is 1. The van der Waals surface area contributed by atoms with Crippen LogP contribution in [0.4, 0.5) is 11.4 Å². The smallest absolute Gasteiger partial charge is 0.0992 e. The molecule has 1 heterocycles. The van der Waals surface area contributed by atoms with Crippen molar-refractivity contribution >= 4 is 23.1 Å². The van der Waals surface area contributed by atoms with Crippen LogP contribution in [0.5, 0.6) is 0 Å². The van der Waals surface area contributed by atoms with Crippen molar-refractivity contribution in [3.8, 4) is 6.07 Å². The zero-order chi connectivity index (χ0) is 13.4. The van der Waals surface area contributed by atoms with E-state index in [0.717, 1.165) is 5.69 Å². The third kappa shape index (κ3) is 1.98. The number of rotatable bonds is 1. The fourth-order valence-electron chi connectivity index (χ4n) is 2.41. The molecular weight excluding hydrogens is 252 g/mol. The van der Waals surface area contributed by atoms with Gasteiger partial charge in [0.25, 0.3) is 0 Å². The van der Waals surface area contributed by atoms with Gasteiger partial charge >= 0.3 is 0 Å². The van der Waals surface area contributed by atoms with Crippen LogP contribution in [-0.2, 0) is 0 Å². The van der Waals surface area contributed by atoms with Crippen molar-refractivity contribution in [2.45, 2.75) is 29.7 Å². The van der Waals surface area contributed by atoms with Gasteiger partial charge in [-0.15, -0.1) is 0 Å². The molecule has 0 bridgehead atoms. The second-order valence-electron chi connectivity index (χ2n) is 4.83. The molecule has 0 unspecified atom stereocenters. The molecule has 0 aromatic heterocycles. The number of benzene rings is 2. The topological polar surface area (TPSA) is 27.0 Å². The summed E-state index contributed by atoms with van der Waals surface area (Å²) in [5.41, 5.74) is 3.08. The van der Waals surface area contributed by atoms with Crippen molar-refractivity contribution in [1.82, 2.24) is 0 Å². The lowest BCUT2D eigenvalue weighted by Gasteiger charge is -2.35. The van der Waals surface area contributed by atoms with Gasteiger partial charge in [0.1, 0.15) is 0 Å². The molecule has 0 atom stereocenters. The molecule has 1 aliphatic rings. The highest BCUT2D eigenvalue weighted by Crippen LogP contribution is 2.48. The lowest BCUT2D eigenvalue weighted by molar-refractivity contribution is 0.772. The minimum Gasteiger partial charge on any atom is -0.337 e. The number of fused-ring (bicyclic) bond motifs is 2. The third-order valence-electron chi connectivity index (χ3n) is 3.21. The Morgan fingerprint density at radius 1 is 1.05 bits per heavy atom. The highest BCUT2D eigenvalue weighted by Gasteiger charge is 2.25. The van der Waals surface area contributed by atoms with E-state index in [2.05, 4.69) is 49.1 Å². The van der Waals surface area contributed by atoms with E-state index < -0.39 is 0 Å². The molecule has 0 radical (unpaired) electrons. The minimum absolute atomic E-state index is 0.356. The summed E-state index contributed by atoms with van der Waals surface area (Å²) < 4.78 is 0. The van der Waals surface area contributed by atoms with Crippen LogP contribution < -0.4 is 4.90 Å². The Morgan fingerprint density at radius 2 is 1.79 bits per heavy atom. The van der Waals surface area contributed by atoms with Gasteiger partial charge in [0.05, 0.1) is 23.0 Å². The summed E-state index contributed by atoms with van der Waals surface area (Å²) in [6.07, 6.45) is 0. The Kier molecular flexibility index (Phi) is 2.96. The van der Waals surface area contributed by atoms with Gasteiger partial charge < -0.3 is 4.90 Å². The SMILES string of the molecule is CC(C)N1c2ccccc2Sc2ccc(C#N)cc21. The monoisotopic (exact) mass is 266 g/mol.